The normalized spacial score (nSPS) is 34.9. The van der Waals surface area contributed by atoms with Crippen molar-refractivity contribution in [2.24, 2.45) is 0 Å². The Morgan fingerprint density at radius 3 is 2.32 bits per heavy atom. The lowest BCUT2D eigenvalue weighted by atomic mass is 9.93. The van der Waals surface area contributed by atoms with E-state index >= 15 is 0 Å². The smallest absolute Gasteiger partial charge is 0.246 e. The third-order valence-corrected chi connectivity index (χ3v) is 3.09. The Hall–Kier alpha value is -0.990. The molecule has 0 aromatic rings. The van der Waals surface area contributed by atoms with Crippen molar-refractivity contribution < 1.29 is 30.0 Å². The second-order valence-corrected chi connectivity index (χ2v) is 4.69. The molecule has 0 bridgehead atoms. The van der Waals surface area contributed by atoms with Crippen LogP contribution in [0, 0.1) is 0 Å². The van der Waals surface area contributed by atoms with Gasteiger partial charge in [0.1, 0.15) is 24.4 Å². The molecule has 5 atom stereocenters. The molecular formula is C12H21NO6. The van der Waals surface area contributed by atoms with Crippen LogP contribution in [0.15, 0.2) is 12.2 Å². The van der Waals surface area contributed by atoms with Crippen molar-refractivity contribution in [1.29, 1.82) is 0 Å². The highest BCUT2D eigenvalue weighted by atomic mass is 16.5. The Bertz CT molecular complexity index is 332. The maximum absolute atomic E-state index is 11.3. The van der Waals surface area contributed by atoms with Crippen molar-refractivity contribution in [3.05, 3.63) is 12.2 Å². The third-order valence-electron chi connectivity index (χ3n) is 3.09. The number of aliphatic hydroxyl groups excluding tert-OH is 4. The van der Waals surface area contributed by atoms with Gasteiger partial charge in [0, 0.05) is 12.1 Å². The summed E-state index contributed by atoms with van der Waals surface area (Å²) in [6.45, 7) is 4.83. The van der Waals surface area contributed by atoms with Gasteiger partial charge >= 0.3 is 0 Å². The highest BCUT2D eigenvalue weighted by Gasteiger charge is 2.42. The summed E-state index contributed by atoms with van der Waals surface area (Å²) in [5.74, 6) is -0.301. The van der Waals surface area contributed by atoms with Gasteiger partial charge in [-0.1, -0.05) is 6.58 Å². The number of carbonyl (C=O) groups excluding carboxylic acids is 1. The molecule has 0 radical (unpaired) electrons. The van der Waals surface area contributed by atoms with Crippen LogP contribution in [0.25, 0.3) is 0 Å². The summed E-state index contributed by atoms with van der Waals surface area (Å²) < 4.78 is 5.29. The molecule has 0 saturated carbocycles. The average molecular weight is 275 g/mol. The first-order chi connectivity index (χ1) is 8.88. The molecule has 0 spiro atoms. The maximum atomic E-state index is 11.3. The van der Waals surface area contributed by atoms with E-state index in [4.69, 9.17) is 9.84 Å². The molecule has 1 rings (SSSR count). The van der Waals surface area contributed by atoms with E-state index in [1.54, 1.807) is 6.92 Å². The van der Waals surface area contributed by atoms with Gasteiger partial charge in [0.2, 0.25) is 5.91 Å². The van der Waals surface area contributed by atoms with Crippen LogP contribution in [0.3, 0.4) is 0 Å². The number of ether oxygens (including phenoxy) is 1. The number of nitrogens with one attached hydrogen (secondary N) is 1. The molecule has 7 nitrogen and oxygen atoms in total. The predicted octanol–water partition coefficient (Wildman–Crippen LogP) is -2.09. The van der Waals surface area contributed by atoms with Gasteiger partial charge in [0.05, 0.1) is 12.7 Å². The van der Waals surface area contributed by atoms with Crippen LogP contribution in [0.4, 0.5) is 0 Å². The summed E-state index contributed by atoms with van der Waals surface area (Å²) in [5.41, 5.74) is 0.369. The van der Waals surface area contributed by atoms with Gasteiger partial charge in [0.25, 0.3) is 0 Å². The zero-order valence-electron chi connectivity index (χ0n) is 10.8. The summed E-state index contributed by atoms with van der Waals surface area (Å²) >= 11 is 0. The van der Waals surface area contributed by atoms with Crippen LogP contribution in [-0.2, 0) is 9.53 Å². The fourth-order valence-corrected chi connectivity index (χ4v) is 1.90. The topological polar surface area (TPSA) is 119 Å². The van der Waals surface area contributed by atoms with Gasteiger partial charge in [-0.2, -0.15) is 0 Å². The Morgan fingerprint density at radius 1 is 1.21 bits per heavy atom. The lowest BCUT2D eigenvalue weighted by Gasteiger charge is -2.40. The lowest BCUT2D eigenvalue weighted by Crippen LogP contribution is -2.58. The molecule has 0 aromatic heterocycles. The standard InChI is InChI=1S/C12H21NO6/c1-6(2)12(18)13-4-3-7-9(15)11(17)10(16)8(5-14)19-7/h7-11,14-17H,1,3-5H2,2H3,(H,13,18)/t7-,8+,9-,10+,11+/m0/s1. The predicted molar refractivity (Wildman–Crippen MR) is 66.2 cm³/mol. The van der Waals surface area contributed by atoms with E-state index in [1.165, 1.54) is 0 Å². The average Bonchev–Trinajstić information content (AvgIpc) is 2.38. The molecule has 110 valence electrons. The van der Waals surface area contributed by atoms with Crippen molar-refractivity contribution >= 4 is 5.91 Å². The van der Waals surface area contributed by atoms with Gasteiger partial charge in [0.15, 0.2) is 0 Å². The lowest BCUT2D eigenvalue weighted by molar-refractivity contribution is -0.229. The first-order valence-corrected chi connectivity index (χ1v) is 6.12. The first kappa shape index (κ1) is 16.1. The Morgan fingerprint density at radius 2 is 1.79 bits per heavy atom. The minimum atomic E-state index is -1.38. The zero-order chi connectivity index (χ0) is 14.6. The number of amides is 1. The van der Waals surface area contributed by atoms with Gasteiger partial charge < -0.3 is 30.5 Å². The Kier molecular flexibility index (Phi) is 5.89. The third kappa shape index (κ3) is 3.99. The molecule has 7 heteroatoms. The number of rotatable bonds is 5. The van der Waals surface area contributed by atoms with Gasteiger partial charge in [-0.05, 0) is 13.3 Å². The zero-order valence-corrected chi connectivity index (χ0v) is 10.8. The summed E-state index contributed by atoms with van der Waals surface area (Å²) in [7, 11) is 0. The molecule has 1 aliphatic rings. The van der Waals surface area contributed by atoms with Crippen LogP contribution < -0.4 is 5.32 Å². The van der Waals surface area contributed by atoms with Crippen LogP contribution in [0.2, 0.25) is 0 Å². The van der Waals surface area contributed by atoms with Crippen LogP contribution >= 0.6 is 0 Å². The monoisotopic (exact) mass is 275 g/mol. The van der Waals surface area contributed by atoms with E-state index in [9.17, 15) is 20.1 Å². The number of hydrogen-bond acceptors (Lipinski definition) is 6. The fourth-order valence-electron chi connectivity index (χ4n) is 1.90. The SMILES string of the molecule is C=C(C)C(=O)NCC[C@@H]1O[C@H](CO)[C@@H](O)[C@H](O)[C@H]1O. The minimum absolute atomic E-state index is 0.231. The molecule has 19 heavy (non-hydrogen) atoms. The number of aliphatic hydroxyl groups is 4. The van der Waals surface area contributed by atoms with Crippen LogP contribution in [0.5, 0.6) is 0 Å². The van der Waals surface area contributed by atoms with E-state index in [1.807, 2.05) is 0 Å². The molecule has 1 heterocycles. The second-order valence-electron chi connectivity index (χ2n) is 4.69. The molecule has 5 N–H and O–H groups in total. The summed E-state index contributed by atoms with van der Waals surface area (Å²) in [6.07, 6.45) is -5.43. The van der Waals surface area contributed by atoms with Crippen LogP contribution in [0.1, 0.15) is 13.3 Å². The van der Waals surface area contributed by atoms with Gasteiger partial charge in [-0.15, -0.1) is 0 Å². The van der Waals surface area contributed by atoms with E-state index < -0.39 is 37.1 Å². The van der Waals surface area contributed by atoms with Crippen molar-refractivity contribution in [2.75, 3.05) is 13.2 Å². The molecule has 1 amide bonds. The Balaban J connectivity index is 2.48. The van der Waals surface area contributed by atoms with Crippen molar-refractivity contribution in [2.45, 2.75) is 43.9 Å². The highest BCUT2D eigenvalue weighted by molar-refractivity contribution is 5.91. The van der Waals surface area contributed by atoms with E-state index in [-0.39, 0.29) is 18.9 Å². The number of hydrogen-bond donors (Lipinski definition) is 5. The van der Waals surface area contributed by atoms with Crippen molar-refractivity contribution in [1.82, 2.24) is 5.32 Å². The second kappa shape index (κ2) is 6.97. The largest absolute Gasteiger partial charge is 0.394 e. The molecule has 1 saturated heterocycles. The van der Waals surface area contributed by atoms with Crippen molar-refractivity contribution in [3.63, 3.8) is 0 Å². The molecule has 0 unspecified atom stereocenters. The van der Waals surface area contributed by atoms with Crippen molar-refractivity contribution in [3.8, 4) is 0 Å². The van der Waals surface area contributed by atoms with E-state index in [0.717, 1.165) is 0 Å². The molecule has 0 aromatic carbocycles. The van der Waals surface area contributed by atoms with Crippen LogP contribution in [-0.4, -0.2) is 70.0 Å². The minimum Gasteiger partial charge on any atom is -0.394 e. The first-order valence-electron chi connectivity index (χ1n) is 6.12. The quantitative estimate of drug-likeness (QED) is 0.367. The highest BCUT2D eigenvalue weighted by Crippen LogP contribution is 2.22. The maximum Gasteiger partial charge on any atom is 0.246 e. The Labute approximate surface area is 111 Å². The number of carbonyl (C=O) groups is 1. The summed E-state index contributed by atoms with van der Waals surface area (Å²) in [4.78, 5) is 11.3. The summed E-state index contributed by atoms with van der Waals surface area (Å²) in [5, 5.41) is 40.5. The summed E-state index contributed by atoms with van der Waals surface area (Å²) in [6, 6.07) is 0. The van der Waals surface area contributed by atoms with E-state index in [0.29, 0.717) is 5.57 Å². The molecule has 0 aliphatic carbocycles. The van der Waals surface area contributed by atoms with Gasteiger partial charge in [-0.25, -0.2) is 0 Å². The molecular weight excluding hydrogens is 254 g/mol. The molecule has 1 aliphatic heterocycles. The fraction of sp³-hybridized carbons (Fsp3) is 0.750. The van der Waals surface area contributed by atoms with Gasteiger partial charge in [-0.3, -0.25) is 4.79 Å². The molecule has 1 fully saturated rings. The van der Waals surface area contributed by atoms with E-state index in [2.05, 4.69) is 11.9 Å².